The summed E-state index contributed by atoms with van der Waals surface area (Å²) in [5.74, 6) is 0.436. The summed E-state index contributed by atoms with van der Waals surface area (Å²) >= 11 is 0. The van der Waals surface area contributed by atoms with E-state index in [4.69, 9.17) is 0 Å². The van der Waals surface area contributed by atoms with Crippen LogP contribution in [0.2, 0.25) is 0 Å². The fraction of sp³-hybridized carbons (Fsp3) is 0.619. The van der Waals surface area contributed by atoms with Gasteiger partial charge in [-0.15, -0.1) is 0 Å². The van der Waals surface area contributed by atoms with Gasteiger partial charge >= 0.3 is 0 Å². The van der Waals surface area contributed by atoms with Crippen LogP contribution in [0.5, 0.6) is 0 Å². The number of carbonyl (C=O) groups excluding carboxylic acids is 2. The first-order chi connectivity index (χ1) is 13.9. The Balaban J connectivity index is 1.50. The number of sulfonamides is 1. The molecule has 3 aliphatic rings. The van der Waals surface area contributed by atoms with E-state index in [-0.39, 0.29) is 29.8 Å². The summed E-state index contributed by atoms with van der Waals surface area (Å²) in [4.78, 5) is 26.9. The second-order valence-corrected chi connectivity index (χ2v) is 10.5. The van der Waals surface area contributed by atoms with Crippen molar-refractivity contribution in [3.63, 3.8) is 0 Å². The van der Waals surface area contributed by atoms with Gasteiger partial charge in [0.2, 0.25) is 15.9 Å². The van der Waals surface area contributed by atoms with Crippen LogP contribution < -0.4 is 5.32 Å². The number of amides is 2. The predicted octanol–water partition coefficient (Wildman–Crippen LogP) is 1.99. The first-order valence-electron chi connectivity index (χ1n) is 10.6. The number of carbonyl (C=O) groups is 2. The molecule has 0 radical (unpaired) electrons. The van der Waals surface area contributed by atoms with Crippen LogP contribution in [0.25, 0.3) is 0 Å². The van der Waals surface area contributed by atoms with E-state index in [0.29, 0.717) is 24.2 Å². The second kappa shape index (κ2) is 8.07. The van der Waals surface area contributed by atoms with Gasteiger partial charge in [-0.25, -0.2) is 8.42 Å². The summed E-state index contributed by atoms with van der Waals surface area (Å²) in [7, 11) is -3.74. The number of benzene rings is 1. The zero-order valence-corrected chi connectivity index (χ0v) is 17.7. The molecule has 7 nitrogen and oxygen atoms in total. The van der Waals surface area contributed by atoms with Gasteiger partial charge in [0.05, 0.1) is 11.4 Å². The van der Waals surface area contributed by atoms with Crippen LogP contribution in [-0.4, -0.2) is 61.2 Å². The highest BCUT2D eigenvalue weighted by Crippen LogP contribution is 2.36. The quantitative estimate of drug-likeness (QED) is 0.791. The van der Waals surface area contributed by atoms with E-state index in [1.807, 2.05) is 0 Å². The summed E-state index contributed by atoms with van der Waals surface area (Å²) in [6, 6.07) is 6.82. The topological polar surface area (TPSA) is 86.8 Å². The molecule has 4 rings (SSSR count). The van der Waals surface area contributed by atoms with Crippen molar-refractivity contribution in [3.05, 3.63) is 29.8 Å². The van der Waals surface area contributed by atoms with E-state index < -0.39 is 10.0 Å². The van der Waals surface area contributed by atoms with Gasteiger partial charge in [-0.05, 0) is 68.7 Å². The third-order valence-corrected chi connectivity index (χ3v) is 8.16. The predicted molar refractivity (Wildman–Crippen MR) is 109 cm³/mol. The Kier molecular flexibility index (Phi) is 5.66. The first kappa shape index (κ1) is 20.3. The summed E-state index contributed by atoms with van der Waals surface area (Å²) < 4.78 is 26.8. The molecule has 2 aliphatic carbocycles. The summed E-state index contributed by atoms with van der Waals surface area (Å²) in [6.45, 7) is 2.67. The SMILES string of the molecule is CC1CCC(N(C(=O)c2ccc(S(=O)(=O)N3CCNC(=O)C3)cc2)C2CC2)CC1. The zero-order chi connectivity index (χ0) is 20.6. The van der Waals surface area contributed by atoms with Crippen LogP contribution >= 0.6 is 0 Å². The standard InChI is InChI=1S/C21H29N3O4S/c1-15-2-6-17(7-3-15)24(18-8-9-18)21(26)16-4-10-19(11-5-16)29(27,28)23-13-12-22-20(25)14-23/h4-5,10-11,15,17-18H,2-3,6-9,12-14H2,1H3,(H,22,25). The first-order valence-corrected chi connectivity index (χ1v) is 12.0. The van der Waals surface area contributed by atoms with Crippen LogP contribution in [0.1, 0.15) is 55.8 Å². The fourth-order valence-electron chi connectivity index (χ4n) is 4.39. The van der Waals surface area contributed by atoms with E-state index in [1.54, 1.807) is 12.1 Å². The van der Waals surface area contributed by atoms with Crippen molar-refractivity contribution in [3.8, 4) is 0 Å². The van der Waals surface area contributed by atoms with Crippen LogP contribution in [0.4, 0.5) is 0 Å². The second-order valence-electron chi connectivity index (χ2n) is 8.57. The molecule has 8 heteroatoms. The lowest BCUT2D eigenvalue weighted by molar-refractivity contribution is -0.122. The van der Waals surface area contributed by atoms with Gasteiger partial charge < -0.3 is 10.2 Å². The van der Waals surface area contributed by atoms with Crippen molar-refractivity contribution >= 4 is 21.8 Å². The molecule has 1 aromatic rings. The van der Waals surface area contributed by atoms with Crippen molar-refractivity contribution < 1.29 is 18.0 Å². The largest absolute Gasteiger partial charge is 0.354 e. The minimum atomic E-state index is -3.74. The highest BCUT2D eigenvalue weighted by atomic mass is 32.2. The molecule has 29 heavy (non-hydrogen) atoms. The van der Waals surface area contributed by atoms with Crippen LogP contribution in [0, 0.1) is 5.92 Å². The lowest BCUT2D eigenvalue weighted by Gasteiger charge is -2.36. The lowest BCUT2D eigenvalue weighted by Crippen LogP contribution is -2.49. The molecular weight excluding hydrogens is 390 g/mol. The molecule has 0 aromatic heterocycles. The molecule has 2 saturated carbocycles. The summed E-state index contributed by atoms with van der Waals surface area (Å²) in [5, 5.41) is 2.63. The number of rotatable bonds is 5. The van der Waals surface area contributed by atoms with Gasteiger partial charge in [0.25, 0.3) is 5.91 Å². The van der Waals surface area contributed by atoms with E-state index in [1.165, 1.54) is 16.4 Å². The van der Waals surface area contributed by atoms with E-state index in [2.05, 4.69) is 17.1 Å². The Hall–Kier alpha value is -1.93. The van der Waals surface area contributed by atoms with Gasteiger partial charge in [-0.3, -0.25) is 9.59 Å². The van der Waals surface area contributed by atoms with Crippen molar-refractivity contribution in [2.45, 2.75) is 62.4 Å². The Morgan fingerprint density at radius 1 is 1.03 bits per heavy atom. The Labute approximate surface area is 172 Å². The maximum absolute atomic E-state index is 13.2. The van der Waals surface area contributed by atoms with Crippen molar-refractivity contribution in [2.24, 2.45) is 5.92 Å². The van der Waals surface area contributed by atoms with Crippen LogP contribution in [0.3, 0.4) is 0 Å². The normalized spacial score (nSPS) is 26.0. The molecular formula is C21H29N3O4S. The molecule has 158 valence electrons. The van der Waals surface area contributed by atoms with E-state index >= 15 is 0 Å². The van der Waals surface area contributed by atoms with E-state index in [9.17, 15) is 18.0 Å². The van der Waals surface area contributed by atoms with E-state index in [0.717, 1.165) is 44.4 Å². The van der Waals surface area contributed by atoms with Gasteiger partial charge in [0.1, 0.15) is 0 Å². The minimum Gasteiger partial charge on any atom is -0.354 e. The molecule has 1 N–H and O–H groups in total. The molecule has 1 saturated heterocycles. The molecule has 1 heterocycles. The number of nitrogens with one attached hydrogen (secondary N) is 1. The van der Waals surface area contributed by atoms with Gasteiger partial charge in [-0.2, -0.15) is 4.31 Å². The number of hydrogen-bond donors (Lipinski definition) is 1. The maximum atomic E-state index is 13.2. The minimum absolute atomic E-state index is 0.00773. The van der Waals surface area contributed by atoms with Gasteiger partial charge in [0, 0.05) is 30.7 Å². The maximum Gasteiger partial charge on any atom is 0.254 e. The Morgan fingerprint density at radius 2 is 1.62 bits per heavy atom. The van der Waals surface area contributed by atoms with Gasteiger partial charge in [0.15, 0.2) is 0 Å². The fourth-order valence-corrected chi connectivity index (χ4v) is 5.79. The summed E-state index contributed by atoms with van der Waals surface area (Å²) in [6.07, 6.45) is 6.52. The molecule has 0 spiro atoms. The van der Waals surface area contributed by atoms with Gasteiger partial charge in [-0.1, -0.05) is 6.92 Å². The monoisotopic (exact) mass is 419 g/mol. The van der Waals surface area contributed by atoms with Crippen LogP contribution in [0.15, 0.2) is 29.2 Å². The van der Waals surface area contributed by atoms with Crippen LogP contribution in [-0.2, 0) is 14.8 Å². The third kappa shape index (κ3) is 4.33. The molecule has 2 amide bonds. The number of hydrogen-bond acceptors (Lipinski definition) is 4. The van der Waals surface area contributed by atoms with Crippen molar-refractivity contribution in [2.75, 3.05) is 19.6 Å². The lowest BCUT2D eigenvalue weighted by atomic mass is 9.86. The van der Waals surface area contributed by atoms with Crippen molar-refractivity contribution in [1.29, 1.82) is 0 Å². The highest BCUT2D eigenvalue weighted by molar-refractivity contribution is 7.89. The average molecular weight is 420 g/mol. The highest BCUT2D eigenvalue weighted by Gasteiger charge is 2.39. The Bertz CT molecular complexity index is 872. The Morgan fingerprint density at radius 3 is 2.17 bits per heavy atom. The number of nitrogens with zero attached hydrogens (tertiary/aromatic N) is 2. The molecule has 3 fully saturated rings. The average Bonchev–Trinajstić information content (AvgIpc) is 3.55. The smallest absolute Gasteiger partial charge is 0.254 e. The summed E-state index contributed by atoms with van der Waals surface area (Å²) in [5.41, 5.74) is 0.533. The molecule has 1 aromatic carbocycles. The molecule has 0 bridgehead atoms. The molecule has 0 unspecified atom stereocenters. The zero-order valence-electron chi connectivity index (χ0n) is 16.8. The third-order valence-electron chi connectivity index (χ3n) is 6.30. The number of piperazine rings is 1. The molecule has 1 aliphatic heterocycles. The van der Waals surface area contributed by atoms with Crippen molar-refractivity contribution in [1.82, 2.24) is 14.5 Å². The molecule has 0 atom stereocenters.